The Bertz CT molecular complexity index is 1540. The van der Waals surface area contributed by atoms with Crippen molar-refractivity contribution >= 4 is 46.6 Å². The van der Waals surface area contributed by atoms with Crippen LogP contribution >= 0.6 is 34.5 Å². The molecule has 0 bridgehead atoms. The molecule has 2 aromatic carbocycles. The van der Waals surface area contributed by atoms with Gasteiger partial charge in [-0.3, -0.25) is 9.36 Å². The summed E-state index contributed by atoms with van der Waals surface area (Å²) in [6, 6.07) is 9.73. The van der Waals surface area contributed by atoms with E-state index in [4.69, 9.17) is 37.4 Å². The summed E-state index contributed by atoms with van der Waals surface area (Å²) in [5.74, 6) is 0.373. The van der Waals surface area contributed by atoms with Crippen molar-refractivity contribution in [3.8, 4) is 11.5 Å². The van der Waals surface area contributed by atoms with E-state index in [1.807, 2.05) is 6.92 Å². The topological polar surface area (TPSA) is 79.1 Å². The van der Waals surface area contributed by atoms with Gasteiger partial charge in [0.25, 0.3) is 5.56 Å². The summed E-state index contributed by atoms with van der Waals surface area (Å²) in [4.78, 5) is 32.0. The predicted octanol–water partition coefficient (Wildman–Crippen LogP) is 4.51. The molecule has 1 aliphatic heterocycles. The van der Waals surface area contributed by atoms with Crippen LogP contribution in [0, 0.1) is 0 Å². The van der Waals surface area contributed by atoms with E-state index in [0.717, 1.165) is 0 Å². The van der Waals surface area contributed by atoms with Gasteiger partial charge in [0, 0.05) is 5.56 Å². The largest absolute Gasteiger partial charge is 0.493 e. The van der Waals surface area contributed by atoms with E-state index in [0.29, 0.717) is 54.3 Å². The van der Waals surface area contributed by atoms with Crippen LogP contribution in [0.15, 0.2) is 57.5 Å². The summed E-state index contributed by atoms with van der Waals surface area (Å²) in [7, 11) is 1.54. The Morgan fingerprint density at radius 3 is 2.61 bits per heavy atom. The molecule has 0 N–H and O–H groups in total. The smallest absolute Gasteiger partial charge is 0.338 e. The maximum Gasteiger partial charge on any atom is 0.338 e. The van der Waals surface area contributed by atoms with Crippen LogP contribution in [0.25, 0.3) is 6.08 Å². The summed E-state index contributed by atoms with van der Waals surface area (Å²) >= 11 is 13.7. The third kappa shape index (κ3) is 4.68. The van der Waals surface area contributed by atoms with E-state index < -0.39 is 12.0 Å². The van der Waals surface area contributed by atoms with Gasteiger partial charge < -0.3 is 14.2 Å². The zero-order chi connectivity index (χ0) is 26.0. The maximum atomic E-state index is 13.8. The highest BCUT2D eigenvalue weighted by atomic mass is 35.5. The van der Waals surface area contributed by atoms with E-state index in [2.05, 4.69) is 4.99 Å². The molecule has 7 nitrogen and oxygen atoms in total. The Hall–Kier alpha value is -3.07. The molecular formula is C26H24Cl2N2O5S. The number of ether oxygens (including phenoxy) is 3. The number of nitrogens with zero attached hydrogens (tertiary/aromatic N) is 2. The van der Waals surface area contributed by atoms with Gasteiger partial charge in [-0.25, -0.2) is 9.79 Å². The number of halogens is 2. The monoisotopic (exact) mass is 546 g/mol. The van der Waals surface area contributed by atoms with Crippen molar-refractivity contribution in [1.82, 2.24) is 4.57 Å². The van der Waals surface area contributed by atoms with Gasteiger partial charge >= 0.3 is 5.97 Å². The Labute approximate surface area is 221 Å². The first-order valence-corrected chi connectivity index (χ1v) is 12.8. The first-order chi connectivity index (χ1) is 17.3. The quantitative estimate of drug-likeness (QED) is 0.407. The molecule has 4 rings (SSSR count). The van der Waals surface area contributed by atoms with Crippen molar-refractivity contribution in [2.45, 2.75) is 26.8 Å². The van der Waals surface area contributed by atoms with Crippen LogP contribution in [0.1, 0.15) is 37.9 Å². The molecule has 0 aliphatic carbocycles. The van der Waals surface area contributed by atoms with Gasteiger partial charge in [-0.2, -0.15) is 0 Å². The fourth-order valence-corrected chi connectivity index (χ4v) is 5.47. The third-order valence-electron chi connectivity index (χ3n) is 5.60. The molecule has 1 atom stereocenters. The highest BCUT2D eigenvalue weighted by Gasteiger charge is 2.36. The standard InChI is InChI=1S/C26H24Cl2N2O5S/c1-5-34-23-16(10-8-12-18(23)33-4)22-20(25(32)35-6-2)14(3)29-26-30(22)24(31)19(36-26)13-15-9-7-11-17(27)21(15)28/h7-13,22H,5-6H2,1-4H3/b19-13+/t22-/m0/s1. The van der Waals surface area contributed by atoms with Gasteiger partial charge in [-0.05, 0) is 44.5 Å². The number of benzene rings is 2. The molecule has 0 saturated carbocycles. The van der Waals surface area contributed by atoms with Gasteiger partial charge in [0.15, 0.2) is 16.3 Å². The number of esters is 1. The number of methoxy groups -OCH3 is 1. The number of fused-ring (bicyclic) bond motifs is 1. The van der Waals surface area contributed by atoms with E-state index in [-0.39, 0.29) is 17.7 Å². The Balaban J connectivity index is 2.04. The fourth-order valence-electron chi connectivity index (χ4n) is 4.07. The minimum Gasteiger partial charge on any atom is -0.493 e. The van der Waals surface area contributed by atoms with E-state index in [1.165, 1.54) is 23.0 Å². The highest BCUT2D eigenvalue weighted by molar-refractivity contribution is 7.07. The average Bonchev–Trinajstić information content (AvgIpc) is 3.16. The lowest BCUT2D eigenvalue weighted by Crippen LogP contribution is -2.40. The molecule has 10 heteroatoms. The number of aromatic nitrogens is 1. The molecule has 1 aliphatic rings. The average molecular weight is 547 g/mol. The molecule has 188 valence electrons. The fraction of sp³-hybridized carbons (Fsp3) is 0.269. The van der Waals surface area contributed by atoms with Crippen LogP contribution in [-0.4, -0.2) is 30.9 Å². The minimum absolute atomic E-state index is 0.177. The SMILES string of the molecule is CCOC(=O)C1=C(C)N=c2s/c(=C/c3cccc(Cl)c3Cl)c(=O)n2[C@H]1c1cccc(OC)c1OCC. The summed E-state index contributed by atoms with van der Waals surface area (Å²) < 4.78 is 18.7. The zero-order valence-electron chi connectivity index (χ0n) is 20.1. The molecule has 36 heavy (non-hydrogen) atoms. The zero-order valence-corrected chi connectivity index (χ0v) is 22.5. The van der Waals surface area contributed by atoms with Crippen LogP contribution in [0.3, 0.4) is 0 Å². The van der Waals surface area contributed by atoms with Crippen molar-refractivity contribution in [1.29, 1.82) is 0 Å². The number of carbonyl (C=O) groups excluding carboxylic acids is 1. The maximum absolute atomic E-state index is 13.8. The van der Waals surface area contributed by atoms with E-state index >= 15 is 0 Å². The summed E-state index contributed by atoms with van der Waals surface area (Å²) in [6.45, 7) is 5.84. The number of allylic oxidation sites excluding steroid dienone is 1. The van der Waals surface area contributed by atoms with Gasteiger partial charge in [0.2, 0.25) is 0 Å². The first-order valence-electron chi connectivity index (χ1n) is 11.3. The summed E-state index contributed by atoms with van der Waals surface area (Å²) in [5, 5.41) is 0.727. The van der Waals surface area contributed by atoms with Crippen LogP contribution < -0.4 is 24.4 Å². The number of hydrogen-bond donors (Lipinski definition) is 0. The molecule has 0 radical (unpaired) electrons. The Morgan fingerprint density at radius 2 is 1.92 bits per heavy atom. The van der Waals surface area contributed by atoms with Gasteiger partial charge in [-0.15, -0.1) is 0 Å². The van der Waals surface area contributed by atoms with Crippen LogP contribution in [0.2, 0.25) is 10.0 Å². The second kappa shape index (κ2) is 10.9. The second-order valence-corrected chi connectivity index (χ2v) is 9.55. The number of rotatable bonds is 7. The minimum atomic E-state index is -0.839. The lowest BCUT2D eigenvalue weighted by atomic mass is 9.94. The molecule has 0 fully saturated rings. The molecule has 0 saturated heterocycles. The van der Waals surface area contributed by atoms with Crippen LogP contribution in [0.5, 0.6) is 11.5 Å². The lowest BCUT2D eigenvalue weighted by molar-refractivity contribution is -0.139. The molecule has 0 amide bonds. The normalized spacial score (nSPS) is 15.4. The van der Waals surface area contributed by atoms with Gasteiger partial charge in [0.1, 0.15) is 6.04 Å². The second-order valence-electron chi connectivity index (χ2n) is 7.76. The summed E-state index contributed by atoms with van der Waals surface area (Å²) in [5.41, 5.74) is 1.56. The molecular weight excluding hydrogens is 523 g/mol. The van der Waals surface area contributed by atoms with Gasteiger partial charge in [-0.1, -0.05) is 58.8 Å². The first kappa shape index (κ1) is 26.0. The molecule has 3 aromatic rings. The van der Waals surface area contributed by atoms with Crippen molar-refractivity contribution < 1.29 is 19.0 Å². The highest BCUT2D eigenvalue weighted by Crippen LogP contribution is 2.40. The molecule has 2 heterocycles. The Kier molecular flexibility index (Phi) is 7.88. The van der Waals surface area contributed by atoms with Crippen molar-refractivity contribution in [3.05, 3.63) is 88.5 Å². The van der Waals surface area contributed by atoms with Crippen LogP contribution in [-0.2, 0) is 9.53 Å². The summed E-state index contributed by atoms with van der Waals surface area (Å²) in [6.07, 6.45) is 1.67. The predicted molar refractivity (Wildman–Crippen MR) is 141 cm³/mol. The van der Waals surface area contributed by atoms with Crippen molar-refractivity contribution in [2.24, 2.45) is 4.99 Å². The number of carbonyl (C=O) groups is 1. The van der Waals surface area contributed by atoms with Crippen LogP contribution in [0.4, 0.5) is 0 Å². The lowest BCUT2D eigenvalue weighted by Gasteiger charge is -2.26. The number of hydrogen-bond acceptors (Lipinski definition) is 7. The number of thiazole rings is 1. The van der Waals surface area contributed by atoms with E-state index in [9.17, 15) is 9.59 Å². The number of para-hydroxylation sites is 1. The van der Waals surface area contributed by atoms with Crippen molar-refractivity contribution in [2.75, 3.05) is 20.3 Å². The van der Waals surface area contributed by atoms with E-state index in [1.54, 1.807) is 56.3 Å². The van der Waals surface area contributed by atoms with Gasteiger partial charge in [0.05, 0.1) is 46.2 Å². The molecule has 1 aromatic heterocycles. The molecule has 0 unspecified atom stereocenters. The Morgan fingerprint density at radius 1 is 1.17 bits per heavy atom. The third-order valence-corrected chi connectivity index (χ3v) is 7.41. The molecule has 0 spiro atoms. The van der Waals surface area contributed by atoms with Crippen molar-refractivity contribution in [3.63, 3.8) is 0 Å².